The lowest BCUT2D eigenvalue weighted by Gasteiger charge is -2.22. The van der Waals surface area contributed by atoms with Gasteiger partial charge in [0.25, 0.3) is 0 Å². The number of nitrogens with two attached hydrogens (primary N) is 1. The van der Waals surface area contributed by atoms with E-state index in [9.17, 15) is 0 Å². The molecule has 84 valence electrons. The number of halogens is 1. The third-order valence-electron chi connectivity index (χ3n) is 2.26. The molecule has 2 nitrogen and oxygen atoms in total. The predicted octanol–water partition coefficient (Wildman–Crippen LogP) is 2.95. The third kappa shape index (κ3) is 4.33. The van der Waals surface area contributed by atoms with E-state index in [0.717, 1.165) is 4.47 Å². The molecule has 2 N–H and O–H groups in total. The van der Waals surface area contributed by atoms with E-state index < -0.39 is 0 Å². The highest BCUT2D eigenvalue weighted by atomic mass is 79.9. The minimum Gasteiger partial charge on any atom is -0.376 e. The SMILES string of the molecule is CC(C)(CN)COCc1ccccc1Br. The minimum absolute atomic E-state index is 0.0568. The zero-order chi connectivity index (χ0) is 11.3. The van der Waals surface area contributed by atoms with Crippen molar-refractivity contribution >= 4 is 15.9 Å². The fourth-order valence-electron chi connectivity index (χ4n) is 1.11. The van der Waals surface area contributed by atoms with Crippen molar-refractivity contribution in [2.45, 2.75) is 20.5 Å². The van der Waals surface area contributed by atoms with Crippen molar-refractivity contribution < 1.29 is 4.74 Å². The van der Waals surface area contributed by atoms with Gasteiger partial charge in [-0.1, -0.05) is 48.0 Å². The smallest absolute Gasteiger partial charge is 0.0728 e. The van der Waals surface area contributed by atoms with E-state index in [-0.39, 0.29) is 5.41 Å². The van der Waals surface area contributed by atoms with Crippen molar-refractivity contribution in [3.63, 3.8) is 0 Å². The topological polar surface area (TPSA) is 35.2 Å². The fourth-order valence-corrected chi connectivity index (χ4v) is 1.51. The van der Waals surface area contributed by atoms with Gasteiger partial charge < -0.3 is 10.5 Å². The van der Waals surface area contributed by atoms with Crippen molar-refractivity contribution in [3.8, 4) is 0 Å². The first-order valence-corrected chi connectivity index (χ1v) is 5.86. The Morgan fingerprint density at radius 3 is 2.60 bits per heavy atom. The van der Waals surface area contributed by atoms with Crippen LogP contribution >= 0.6 is 15.9 Å². The van der Waals surface area contributed by atoms with Crippen LogP contribution in [0.3, 0.4) is 0 Å². The Morgan fingerprint density at radius 2 is 2.00 bits per heavy atom. The number of hydrogen-bond donors (Lipinski definition) is 1. The summed E-state index contributed by atoms with van der Waals surface area (Å²) in [7, 11) is 0. The van der Waals surface area contributed by atoms with Crippen LogP contribution in [0.25, 0.3) is 0 Å². The summed E-state index contributed by atoms with van der Waals surface area (Å²) >= 11 is 3.49. The van der Waals surface area contributed by atoms with Crippen LogP contribution in [-0.4, -0.2) is 13.2 Å². The van der Waals surface area contributed by atoms with E-state index in [1.807, 2.05) is 18.2 Å². The lowest BCUT2D eigenvalue weighted by molar-refractivity contribution is 0.0550. The molecule has 0 fully saturated rings. The zero-order valence-electron chi connectivity index (χ0n) is 9.29. The molecule has 0 radical (unpaired) electrons. The zero-order valence-corrected chi connectivity index (χ0v) is 10.9. The van der Waals surface area contributed by atoms with Crippen molar-refractivity contribution in [2.75, 3.05) is 13.2 Å². The summed E-state index contributed by atoms with van der Waals surface area (Å²) < 4.78 is 6.74. The van der Waals surface area contributed by atoms with E-state index in [1.165, 1.54) is 5.56 Å². The molecular weight excluding hydrogens is 254 g/mol. The lowest BCUT2D eigenvalue weighted by atomic mass is 9.95. The molecule has 1 rings (SSSR count). The molecular formula is C12H18BrNO. The summed E-state index contributed by atoms with van der Waals surface area (Å²) in [6.07, 6.45) is 0. The van der Waals surface area contributed by atoms with Crippen LogP contribution in [0, 0.1) is 5.41 Å². The first-order valence-electron chi connectivity index (χ1n) is 5.06. The number of hydrogen-bond acceptors (Lipinski definition) is 2. The first-order chi connectivity index (χ1) is 7.05. The molecule has 0 saturated heterocycles. The summed E-state index contributed by atoms with van der Waals surface area (Å²) in [5, 5.41) is 0. The summed E-state index contributed by atoms with van der Waals surface area (Å²) in [6, 6.07) is 8.08. The second-order valence-corrected chi connectivity index (χ2v) is 5.31. The second kappa shape index (κ2) is 5.64. The van der Waals surface area contributed by atoms with Crippen molar-refractivity contribution in [2.24, 2.45) is 11.1 Å². The van der Waals surface area contributed by atoms with Crippen LogP contribution in [0.4, 0.5) is 0 Å². The van der Waals surface area contributed by atoms with E-state index in [0.29, 0.717) is 19.8 Å². The lowest BCUT2D eigenvalue weighted by Crippen LogP contribution is -2.28. The van der Waals surface area contributed by atoms with E-state index in [2.05, 4.69) is 35.8 Å². The van der Waals surface area contributed by atoms with Gasteiger partial charge in [-0.15, -0.1) is 0 Å². The molecule has 0 aromatic heterocycles. The summed E-state index contributed by atoms with van der Waals surface area (Å²) in [5.74, 6) is 0. The molecule has 0 bridgehead atoms. The number of rotatable bonds is 5. The molecule has 15 heavy (non-hydrogen) atoms. The highest BCUT2D eigenvalue weighted by molar-refractivity contribution is 9.10. The van der Waals surface area contributed by atoms with Crippen molar-refractivity contribution in [1.82, 2.24) is 0 Å². The van der Waals surface area contributed by atoms with Crippen molar-refractivity contribution in [1.29, 1.82) is 0 Å². The molecule has 0 spiro atoms. The molecule has 0 saturated carbocycles. The maximum Gasteiger partial charge on any atom is 0.0728 e. The highest BCUT2D eigenvalue weighted by Crippen LogP contribution is 2.18. The Morgan fingerprint density at radius 1 is 1.33 bits per heavy atom. The fraction of sp³-hybridized carbons (Fsp3) is 0.500. The monoisotopic (exact) mass is 271 g/mol. The van der Waals surface area contributed by atoms with Gasteiger partial charge in [0.05, 0.1) is 13.2 Å². The van der Waals surface area contributed by atoms with Gasteiger partial charge in [0.15, 0.2) is 0 Å². The van der Waals surface area contributed by atoms with Gasteiger partial charge in [-0.3, -0.25) is 0 Å². The van der Waals surface area contributed by atoms with Gasteiger partial charge >= 0.3 is 0 Å². The number of ether oxygens (including phenoxy) is 1. The van der Waals surface area contributed by atoms with Gasteiger partial charge in [0, 0.05) is 9.89 Å². The second-order valence-electron chi connectivity index (χ2n) is 4.45. The Kier molecular flexibility index (Phi) is 4.77. The molecule has 0 amide bonds. The van der Waals surface area contributed by atoms with Crippen LogP contribution in [0.1, 0.15) is 19.4 Å². The summed E-state index contributed by atoms with van der Waals surface area (Å²) in [5.41, 5.74) is 6.85. The van der Waals surface area contributed by atoms with Gasteiger partial charge in [-0.2, -0.15) is 0 Å². The van der Waals surface area contributed by atoms with E-state index >= 15 is 0 Å². The molecule has 0 unspecified atom stereocenters. The third-order valence-corrected chi connectivity index (χ3v) is 3.03. The quantitative estimate of drug-likeness (QED) is 0.894. The summed E-state index contributed by atoms with van der Waals surface area (Å²) in [6.45, 7) is 6.17. The van der Waals surface area contributed by atoms with Crippen LogP contribution in [0.2, 0.25) is 0 Å². The molecule has 1 aromatic rings. The van der Waals surface area contributed by atoms with Crippen LogP contribution in [0.5, 0.6) is 0 Å². The maximum atomic E-state index is 5.65. The molecule has 1 aromatic carbocycles. The molecule has 0 aliphatic heterocycles. The van der Waals surface area contributed by atoms with Crippen LogP contribution in [-0.2, 0) is 11.3 Å². The molecule has 0 aliphatic carbocycles. The van der Waals surface area contributed by atoms with Gasteiger partial charge in [0.1, 0.15) is 0 Å². The minimum atomic E-state index is 0.0568. The highest BCUT2D eigenvalue weighted by Gasteiger charge is 2.15. The van der Waals surface area contributed by atoms with Crippen molar-refractivity contribution in [3.05, 3.63) is 34.3 Å². The average Bonchev–Trinajstić information content (AvgIpc) is 2.21. The molecule has 0 heterocycles. The largest absolute Gasteiger partial charge is 0.376 e. The van der Waals surface area contributed by atoms with Crippen LogP contribution < -0.4 is 5.73 Å². The van der Waals surface area contributed by atoms with Gasteiger partial charge in [-0.05, 0) is 18.2 Å². The standard InChI is InChI=1S/C12H18BrNO/c1-12(2,8-14)9-15-7-10-5-3-4-6-11(10)13/h3-6H,7-9,14H2,1-2H3. The van der Waals surface area contributed by atoms with Crippen LogP contribution in [0.15, 0.2) is 28.7 Å². The Labute approximate surface area is 99.9 Å². The molecule has 0 aliphatic rings. The Hall–Kier alpha value is -0.380. The molecule has 3 heteroatoms. The maximum absolute atomic E-state index is 5.65. The first kappa shape index (κ1) is 12.7. The summed E-state index contributed by atoms with van der Waals surface area (Å²) in [4.78, 5) is 0. The van der Waals surface area contributed by atoms with Gasteiger partial charge in [0.2, 0.25) is 0 Å². The predicted molar refractivity (Wildman–Crippen MR) is 66.6 cm³/mol. The van der Waals surface area contributed by atoms with Gasteiger partial charge in [-0.25, -0.2) is 0 Å². The van der Waals surface area contributed by atoms with E-state index in [4.69, 9.17) is 10.5 Å². The number of benzene rings is 1. The average molecular weight is 272 g/mol. The molecule has 0 atom stereocenters. The normalized spacial score (nSPS) is 11.7. The Bertz CT molecular complexity index is 312. The Balaban J connectivity index is 2.42. The van der Waals surface area contributed by atoms with E-state index in [1.54, 1.807) is 0 Å².